The summed E-state index contributed by atoms with van der Waals surface area (Å²) in [5, 5.41) is 14.2. The summed E-state index contributed by atoms with van der Waals surface area (Å²) >= 11 is 0. The number of nitrogens with zero attached hydrogens (tertiary/aromatic N) is 1. The minimum absolute atomic E-state index is 0.246. The largest absolute Gasteiger partial charge is 0.457 e. The van der Waals surface area contributed by atoms with Crippen LogP contribution in [0.25, 0.3) is 0 Å². The van der Waals surface area contributed by atoms with Crippen molar-refractivity contribution in [3.8, 4) is 5.75 Å². The Kier molecular flexibility index (Phi) is 7.62. The zero-order chi connectivity index (χ0) is 23.1. The van der Waals surface area contributed by atoms with Crippen LogP contribution in [0.4, 0.5) is 11.4 Å². The number of benzene rings is 2. The lowest BCUT2D eigenvalue weighted by molar-refractivity contribution is -0.120. The number of hydrogen-bond acceptors (Lipinski definition) is 8. The third-order valence-electron chi connectivity index (χ3n) is 5.40. The maximum Gasteiger partial charge on any atom is 0.338 e. The molecule has 0 amide bonds. The highest BCUT2D eigenvalue weighted by Gasteiger charge is 2.23. The molecule has 0 saturated heterocycles. The van der Waals surface area contributed by atoms with Crippen LogP contribution in [0.2, 0.25) is 0 Å². The Morgan fingerprint density at radius 2 is 2.09 bits per heavy atom. The van der Waals surface area contributed by atoms with Crippen LogP contribution in [0.1, 0.15) is 27.0 Å². The smallest absolute Gasteiger partial charge is 0.338 e. The Morgan fingerprint density at radius 3 is 2.81 bits per heavy atom. The van der Waals surface area contributed by atoms with Gasteiger partial charge in [0.05, 0.1) is 11.3 Å². The number of hydrogen-bond donors (Lipinski definition) is 3. The first-order chi connectivity index (χ1) is 15.4. The van der Waals surface area contributed by atoms with E-state index in [2.05, 4.69) is 10.6 Å². The summed E-state index contributed by atoms with van der Waals surface area (Å²) < 4.78 is 10.1. The van der Waals surface area contributed by atoms with Crippen molar-refractivity contribution in [1.82, 2.24) is 5.32 Å². The van der Waals surface area contributed by atoms with Crippen molar-refractivity contribution < 1.29 is 19.1 Å². The summed E-state index contributed by atoms with van der Waals surface area (Å²) in [6, 6.07) is 9.22. The molecule has 1 aliphatic rings. The lowest BCUT2D eigenvalue weighted by Crippen LogP contribution is -2.21. The van der Waals surface area contributed by atoms with Crippen LogP contribution in [0.15, 0.2) is 42.1 Å². The van der Waals surface area contributed by atoms with Crippen LogP contribution >= 0.6 is 0 Å². The van der Waals surface area contributed by atoms with Gasteiger partial charge in [-0.3, -0.25) is 4.79 Å². The number of cyclic esters (lactones) is 1. The van der Waals surface area contributed by atoms with Crippen LogP contribution in [0, 0.1) is 12.3 Å². The van der Waals surface area contributed by atoms with Crippen LogP contribution in [0.3, 0.4) is 0 Å². The molecular weight excluding hydrogens is 408 g/mol. The molecule has 1 aliphatic heterocycles. The fourth-order valence-electron chi connectivity index (χ4n) is 3.55. The van der Waals surface area contributed by atoms with Crippen LogP contribution < -0.4 is 20.3 Å². The molecule has 168 valence electrons. The van der Waals surface area contributed by atoms with Crippen molar-refractivity contribution in [1.29, 1.82) is 5.41 Å². The van der Waals surface area contributed by atoms with Crippen molar-refractivity contribution in [2.24, 2.45) is 0 Å². The third-order valence-corrected chi connectivity index (χ3v) is 5.40. The summed E-state index contributed by atoms with van der Waals surface area (Å²) in [6.07, 6.45) is 3.90. The second-order valence-electron chi connectivity index (χ2n) is 7.68. The van der Waals surface area contributed by atoms with E-state index in [9.17, 15) is 9.59 Å². The van der Waals surface area contributed by atoms with Gasteiger partial charge in [0.1, 0.15) is 6.61 Å². The Balaban J connectivity index is 1.55. The average molecular weight is 437 g/mol. The van der Waals surface area contributed by atoms with E-state index in [0.29, 0.717) is 30.9 Å². The second kappa shape index (κ2) is 10.6. The molecule has 2 aromatic rings. The van der Waals surface area contributed by atoms with Crippen molar-refractivity contribution in [3.63, 3.8) is 0 Å². The number of esters is 1. The summed E-state index contributed by atoms with van der Waals surface area (Å²) in [5.74, 6) is 0.232. The summed E-state index contributed by atoms with van der Waals surface area (Å²) in [7, 11) is 3.74. The maximum absolute atomic E-state index is 11.7. The summed E-state index contributed by atoms with van der Waals surface area (Å²) in [6.45, 7) is 4.06. The van der Waals surface area contributed by atoms with E-state index in [4.69, 9.17) is 14.9 Å². The average Bonchev–Trinajstić information content (AvgIpc) is 3.16. The van der Waals surface area contributed by atoms with Gasteiger partial charge in [-0.15, -0.1) is 0 Å². The van der Waals surface area contributed by atoms with Crippen molar-refractivity contribution in [2.45, 2.75) is 20.0 Å². The number of fused-ring (bicyclic) bond motifs is 1. The molecule has 32 heavy (non-hydrogen) atoms. The van der Waals surface area contributed by atoms with E-state index in [1.54, 1.807) is 12.3 Å². The van der Waals surface area contributed by atoms with Crippen LogP contribution in [-0.2, 0) is 22.6 Å². The molecule has 0 aliphatic carbocycles. The molecule has 0 bridgehead atoms. The predicted molar refractivity (Wildman–Crippen MR) is 125 cm³/mol. The number of carbonyl (C=O) groups is 2. The fraction of sp³-hybridized carbons (Fsp3) is 0.292. The SMILES string of the molecule is Cc1c(CCNC/C(C=N)=C/Nc2ccc(OC=O)c(N(C)C)c2)ccc2c1COC2=O. The standard InChI is InChI=1S/C24H28N4O4/c1-16-18(4-6-20-21(16)14-31-24(20)30)8-9-26-12-17(11-25)13-27-19-5-7-23(32-15-29)22(10-19)28(2)3/h4-7,10-11,13,15,25-27H,8-9,12,14H2,1-3H3/b17-13+,25-11?. The lowest BCUT2D eigenvalue weighted by Gasteiger charge is -2.17. The molecular formula is C24H28N4O4. The van der Waals surface area contributed by atoms with E-state index in [1.807, 2.05) is 50.2 Å². The molecule has 0 spiro atoms. The Labute approximate surface area is 187 Å². The first kappa shape index (κ1) is 23.0. The maximum atomic E-state index is 11.7. The number of ether oxygens (including phenoxy) is 2. The van der Waals surface area contributed by atoms with Gasteiger partial charge in [-0.25, -0.2) is 4.79 Å². The van der Waals surface area contributed by atoms with E-state index in [0.717, 1.165) is 41.0 Å². The highest BCUT2D eigenvalue weighted by atomic mass is 16.5. The van der Waals surface area contributed by atoms with Crippen molar-refractivity contribution in [3.05, 3.63) is 64.4 Å². The molecule has 8 heteroatoms. The molecule has 0 aromatic heterocycles. The lowest BCUT2D eigenvalue weighted by atomic mass is 9.97. The highest BCUT2D eigenvalue weighted by molar-refractivity contribution is 5.93. The molecule has 0 fully saturated rings. The predicted octanol–water partition coefficient (Wildman–Crippen LogP) is 3.04. The minimum Gasteiger partial charge on any atom is -0.457 e. The Hall–Kier alpha value is -3.65. The molecule has 3 N–H and O–H groups in total. The number of nitrogens with one attached hydrogen (secondary N) is 3. The molecule has 0 atom stereocenters. The van der Waals surface area contributed by atoms with Gasteiger partial charge in [-0.2, -0.15) is 0 Å². The molecule has 1 heterocycles. The van der Waals surface area contributed by atoms with Crippen LogP contribution in [-0.4, -0.2) is 45.8 Å². The van der Waals surface area contributed by atoms with Gasteiger partial charge in [-0.1, -0.05) is 6.07 Å². The molecule has 3 rings (SSSR count). The first-order valence-corrected chi connectivity index (χ1v) is 10.3. The van der Waals surface area contributed by atoms with Crippen LogP contribution in [0.5, 0.6) is 5.75 Å². The normalized spacial score (nSPS) is 12.7. The molecule has 0 saturated carbocycles. The minimum atomic E-state index is -0.246. The fourth-order valence-corrected chi connectivity index (χ4v) is 3.55. The quantitative estimate of drug-likeness (QED) is 0.215. The molecule has 2 aromatic carbocycles. The third kappa shape index (κ3) is 5.33. The first-order valence-electron chi connectivity index (χ1n) is 10.3. The number of anilines is 2. The van der Waals surface area contributed by atoms with Crippen molar-refractivity contribution >= 4 is 30.0 Å². The monoisotopic (exact) mass is 436 g/mol. The summed E-state index contributed by atoms with van der Waals surface area (Å²) in [4.78, 5) is 24.2. The van der Waals surface area contributed by atoms with Gasteiger partial charge in [0, 0.05) is 44.3 Å². The van der Waals surface area contributed by atoms with Gasteiger partial charge in [0.15, 0.2) is 5.75 Å². The zero-order valence-electron chi connectivity index (χ0n) is 18.5. The number of carbonyl (C=O) groups excluding carboxylic acids is 2. The highest BCUT2D eigenvalue weighted by Crippen LogP contribution is 2.30. The van der Waals surface area contributed by atoms with Gasteiger partial charge < -0.3 is 30.4 Å². The van der Waals surface area contributed by atoms with Gasteiger partial charge >= 0.3 is 5.97 Å². The van der Waals surface area contributed by atoms with Gasteiger partial charge in [0.2, 0.25) is 0 Å². The van der Waals surface area contributed by atoms with E-state index in [-0.39, 0.29) is 5.97 Å². The molecule has 8 nitrogen and oxygen atoms in total. The zero-order valence-corrected chi connectivity index (χ0v) is 18.5. The summed E-state index contributed by atoms with van der Waals surface area (Å²) in [5.41, 5.74) is 6.31. The number of rotatable bonds is 11. The second-order valence-corrected chi connectivity index (χ2v) is 7.68. The molecule has 0 unspecified atom stereocenters. The van der Waals surface area contributed by atoms with E-state index in [1.165, 1.54) is 11.8 Å². The van der Waals surface area contributed by atoms with E-state index >= 15 is 0 Å². The van der Waals surface area contributed by atoms with Gasteiger partial charge in [0.25, 0.3) is 6.47 Å². The topological polar surface area (TPSA) is 104 Å². The Morgan fingerprint density at radius 1 is 1.28 bits per heavy atom. The van der Waals surface area contributed by atoms with Crippen molar-refractivity contribution in [2.75, 3.05) is 37.4 Å². The van der Waals surface area contributed by atoms with Gasteiger partial charge in [-0.05, 0) is 60.9 Å². The molecule has 0 radical (unpaired) electrons. The Bertz CT molecular complexity index is 1050. The van der Waals surface area contributed by atoms with E-state index < -0.39 is 0 Å².